The van der Waals surface area contributed by atoms with Crippen molar-refractivity contribution < 1.29 is 10.2 Å². The number of fused-ring (bicyclic) bond motifs is 1. The molecule has 1 unspecified atom stereocenters. The largest absolute Gasteiger partial charge is 0.396 e. The van der Waals surface area contributed by atoms with Crippen LogP contribution in [0.1, 0.15) is 36.0 Å². The number of aryl methyl sites for hydroxylation is 2. The Hall–Kier alpha value is -1.50. The molecule has 0 saturated carbocycles. The number of rotatable bonds is 6. The molecule has 0 fully saturated rings. The molecule has 6 nitrogen and oxygen atoms in total. The Morgan fingerprint density at radius 2 is 2.16 bits per heavy atom. The molecule has 2 heterocycles. The zero-order valence-corrected chi connectivity index (χ0v) is 11.3. The first kappa shape index (κ1) is 13.9. The van der Waals surface area contributed by atoms with Crippen molar-refractivity contribution in [3.05, 3.63) is 29.2 Å². The summed E-state index contributed by atoms with van der Waals surface area (Å²) < 4.78 is 1.72. The minimum absolute atomic E-state index is 0.175. The number of nitrogens with zero attached hydrogens (tertiary/aromatic N) is 3. The van der Waals surface area contributed by atoms with E-state index in [0.29, 0.717) is 17.8 Å². The van der Waals surface area contributed by atoms with Crippen LogP contribution in [-0.2, 0) is 0 Å². The summed E-state index contributed by atoms with van der Waals surface area (Å²) in [7, 11) is 0. The molecule has 0 saturated heterocycles. The van der Waals surface area contributed by atoms with Gasteiger partial charge in [-0.2, -0.15) is 5.10 Å². The number of hydrogen-bond acceptors (Lipinski definition) is 5. The highest BCUT2D eigenvalue weighted by Gasteiger charge is 2.15. The van der Waals surface area contributed by atoms with E-state index in [1.54, 1.807) is 10.7 Å². The summed E-state index contributed by atoms with van der Waals surface area (Å²) in [5, 5.41) is 26.1. The van der Waals surface area contributed by atoms with Crippen molar-refractivity contribution in [3.8, 4) is 0 Å². The Labute approximate surface area is 112 Å². The second-order valence-corrected chi connectivity index (χ2v) is 4.66. The maximum atomic E-state index is 10.1. The smallest absolute Gasteiger partial charge is 0.162 e. The first-order chi connectivity index (χ1) is 9.13. The number of hydrogen-bond donors (Lipinski definition) is 3. The second kappa shape index (κ2) is 6.10. The van der Waals surface area contributed by atoms with Crippen molar-refractivity contribution in [2.75, 3.05) is 13.2 Å². The van der Waals surface area contributed by atoms with E-state index in [1.807, 2.05) is 19.9 Å². The fourth-order valence-corrected chi connectivity index (χ4v) is 2.07. The summed E-state index contributed by atoms with van der Waals surface area (Å²) in [5.74, 6) is 0. The highest BCUT2D eigenvalue weighted by Crippen LogP contribution is 2.17. The number of aliphatic hydroxyl groups is 2. The molecule has 0 aliphatic carbocycles. The molecular formula is C13H20N4O2. The Morgan fingerprint density at radius 1 is 1.37 bits per heavy atom. The summed E-state index contributed by atoms with van der Waals surface area (Å²) in [6.45, 7) is 4.70. The third kappa shape index (κ3) is 3.09. The molecule has 0 bridgehead atoms. The molecule has 0 amide bonds. The van der Waals surface area contributed by atoms with E-state index >= 15 is 0 Å². The van der Waals surface area contributed by atoms with Crippen LogP contribution in [0.25, 0.3) is 5.65 Å². The number of nitrogens with one attached hydrogen (secondary N) is 1. The van der Waals surface area contributed by atoms with Crippen LogP contribution in [0.4, 0.5) is 0 Å². The zero-order chi connectivity index (χ0) is 13.8. The first-order valence-electron chi connectivity index (χ1n) is 6.47. The van der Waals surface area contributed by atoms with Crippen LogP contribution >= 0.6 is 0 Å². The van der Waals surface area contributed by atoms with E-state index in [9.17, 15) is 5.11 Å². The van der Waals surface area contributed by atoms with Gasteiger partial charge in [-0.1, -0.05) is 0 Å². The SMILES string of the molecule is Cc1cc(C)n2ncc(C(O)NCCCCO)c2n1. The molecule has 0 aliphatic rings. The molecule has 0 radical (unpaired) electrons. The van der Waals surface area contributed by atoms with Crippen LogP contribution in [0.15, 0.2) is 12.3 Å². The summed E-state index contributed by atoms with van der Waals surface area (Å²) in [4.78, 5) is 4.42. The van der Waals surface area contributed by atoms with Crippen molar-refractivity contribution in [3.63, 3.8) is 0 Å². The molecular weight excluding hydrogens is 244 g/mol. The van der Waals surface area contributed by atoms with Gasteiger partial charge in [0.15, 0.2) is 5.65 Å². The fraction of sp³-hybridized carbons (Fsp3) is 0.538. The van der Waals surface area contributed by atoms with Crippen LogP contribution in [0.5, 0.6) is 0 Å². The molecule has 3 N–H and O–H groups in total. The van der Waals surface area contributed by atoms with Gasteiger partial charge in [0.2, 0.25) is 0 Å². The lowest BCUT2D eigenvalue weighted by molar-refractivity contribution is 0.139. The predicted molar refractivity (Wildman–Crippen MR) is 71.7 cm³/mol. The lowest BCUT2D eigenvalue weighted by Crippen LogP contribution is -2.22. The minimum atomic E-state index is -0.787. The van der Waals surface area contributed by atoms with Crippen LogP contribution in [0.3, 0.4) is 0 Å². The summed E-state index contributed by atoms with van der Waals surface area (Å²) in [6, 6.07) is 1.95. The van der Waals surface area contributed by atoms with E-state index < -0.39 is 6.23 Å². The second-order valence-electron chi connectivity index (χ2n) is 4.66. The van der Waals surface area contributed by atoms with Gasteiger partial charge in [0.25, 0.3) is 0 Å². The van der Waals surface area contributed by atoms with Gasteiger partial charge in [-0.15, -0.1) is 0 Å². The van der Waals surface area contributed by atoms with Crippen molar-refractivity contribution in [1.29, 1.82) is 0 Å². The average Bonchev–Trinajstić information content (AvgIpc) is 2.78. The molecule has 104 valence electrons. The van der Waals surface area contributed by atoms with Gasteiger partial charge in [0.1, 0.15) is 6.23 Å². The van der Waals surface area contributed by atoms with Crippen molar-refractivity contribution >= 4 is 5.65 Å². The highest BCUT2D eigenvalue weighted by atomic mass is 16.3. The molecule has 2 aromatic rings. The van der Waals surface area contributed by atoms with Gasteiger partial charge in [0, 0.05) is 18.0 Å². The van der Waals surface area contributed by atoms with E-state index in [2.05, 4.69) is 15.4 Å². The Balaban J connectivity index is 2.16. The standard InChI is InChI=1S/C13H20N4O2/c1-9-7-10(2)17-12(16-9)11(8-15-17)13(19)14-5-3-4-6-18/h7-8,13-14,18-19H,3-6H2,1-2H3. The van der Waals surface area contributed by atoms with Gasteiger partial charge in [0.05, 0.1) is 11.8 Å². The Kier molecular flexibility index (Phi) is 4.47. The maximum Gasteiger partial charge on any atom is 0.162 e. The van der Waals surface area contributed by atoms with Crippen LogP contribution < -0.4 is 5.32 Å². The summed E-state index contributed by atoms with van der Waals surface area (Å²) in [5.41, 5.74) is 3.25. The predicted octanol–water partition coefficient (Wildman–Crippen LogP) is 0.699. The summed E-state index contributed by atoms with van der Waals surface area (Å²) in [6.07, 6.45) is 2.40. The van der Waals surface area contributed by atoms with E-state index in [1.165, 1.54) is 0 Å². The highest BCUT2D eigenvalue weighted by molar-refractivity contribution is 5.48. The lowest BCUT2D eigenvalue weighted by Gasteiger charge is -2.11. The van der Waals surface area contributed by atoms with E-state index in [4.69, 9.17) is 5.11 Å². The zero-order valence-electron chi connectivity index (χ0n) is 11.3. The number of aromatic nitrogens is 3. The average molecular weight is 264 g/mol. The molecule has 0 aromatic carbocycles. The van der Waals surface area contributed by atoms with Gasteiger partial charge in [-0.05, 0) is 39.3 Å². The molecule has 0 aliphatic heterocycles. The Morgan fingerprint density at radius 3 is 2.89 bits per heavy atom. The monoisotopic (exact) mass is 264 g/mol. The normalized spacial score (nSPS) is 13.1. The first-order valence-corrected chi connectivity index (χ1v) is 6.47. The molecule has 2 rings (SSSR count). The molecule has 19 heavy (non-hydrogen) atoms. The van der Waals surface area contributed by atoms with Gasteiger partial charge in [-0.25, -0.2) is 9.50 Å². The van der Waals surface area contributed by atoms with Gasteiger partial charge in [-0.3, -0.25) is 5.32 Å². The third-order valence-corrected chi connectivity index (χ3v) is 3.02. The quantitative estimate of drug-likeness (QED) is 0.528. The molecule has 2 aromatic heterocycles. The van der Waals surface area contributed by atoms with Gasteiger partial charge < -0.3 is 10.2 Å². The van der Waals surface area contributed by atoms with E-state index in [0.717, 1.165) is 24.2 Å². The number of aliphatic hydroxyl groups excluding tert-OH is 2. The Bertz CT molecular complexity index is 553. The van der Waals surface area contributed by atoms with Crippen LogP contribution in [0.2, 0.25) is 0 Å². The fourth-order valence-electron chi connectivity index (χ4n) is 2.07. The van der Waals surface area contributed by atoms with E-state index in [-0.39, 0.29) is 6.61 Å². The van der Waals surface area contributed by atoms with Crippen molar-refractivity contribution in [2.24, 2.45) is 0 Å². The minimum Gasteiger partial charge on any atom is -0.396 e. The lowest BCUT2D eigenvalue weighted by atomic mass is 10.2. The maximum absolute atomic E-state index is 10.1. The summed E-state index contributed by atoms with van der Waals surface area (Å²) >= 11 is 0. The van der Waals surface area contributed by atoms with Crippen molar-refractivity contribution in [1.82, 2.24) is 19.9 Å². The number of unbranched alkanes of at least 4 members (excludes halogenated alkanes) is 1. The molecule has 1 atom stereocenters. The van der Waals surface area contributed by atoms with Gasteiger partial charge >= 0.3 is 0 Å². The topological polar surface area (TPSA) is 82.7 Å². The third-order valence-electron chi connectivity index (χ3n) is 3.02. The van der Waals surface area contributed by atoms with Crippen LogP contribution in [-0.4, -0.2) is 38.0 Å². The van der Waals surface area contributed by atoms with Crippen LogP contribution in [0, 0.1) is 13.8 Å². The molecule has 6 heteroatoms. The van der Waals surface area contributed by atoms with Crippen molar-refractivity contribution in [2.45, 2.75) is 32.9 Å². The molecule has 0 spiro atoms.